The molecule has 4 aromatic heterocycles. The van der Waals surface area contributed by atoms with Gasteiger partial charge in [0.05, 0.1) is 41.8 Å². The lowest BCUT2D eigenvalue weighted by Crippen LogP contribution is -2.15. The fraction of sp³-hybridized carbons (Fsp3) is 0.143. The van der Waals surface area contributed by atoms with Gasteiger partial charge in [-0.25, -0.2) is 19.2 Å². The van der Waals surface area contributed by atoms with Crippen LogP contribution >= 0.6 is 0 Å². The molecule has 38 heavy (non-hydrogen) atoms. The predicted molar refractivity (Wildman–Crippen MR) is 136 cm³/mol. The van der Waals surface area contributed by atoms with Crippen LogP contribution in [0.15, 0.2) is 83.7 Å². The van der Waals surface area contributed by atoms with Crippen molar-refractivity contribution in [2.24, 2.45) is 0 Å². The molecule has 0 spiro atoms. The number of fused-ring (bicyclic) bond motifs is 4. The zero-order valence-electron chi connectivity index (χ0n) is 20.6. The minimum atomic E-state index is -0.343. The average molecular weight is 507 g/mol. The Morgan fingerprint density at radius 2 is 1.74 bits per heavy atom. The van der Waals surface area contributed by atoms with Crippen LogP contribution in [-0.2, 0) is 6.61 Å². The summed E-state index contributed by atoms with van der Waals surface area (Å²) in [6, 6.07) is 21.1. The summed E-state index contributed by atoms with van der Waals surface area (Å²) >= 11 is 0. The summed E-state index contributed by atoms with van der Waals surface area (Å²) in [7, 11) is 1.61. The second-order valence-corrected chi connectivity index (χ2v) is 8.80. The van der Waals surface area contributed by atoms with Gasteiger partial charge in [0.25, 0.3) is 0 Å². The SMILES string of the molecule is COc1ccccc1OCc1nc2c3c(ncn2n1)Oc1c(c(C)nn1-c1ccccc1)[C@@H]3c1ccco1. The fourth-order valence-electron chi connectivity index (χ4n) is 4.85. The molecule has 0 fully saturated rings. The lowest BCUT2D eigenvalue weighted by atomic mass is 9.88. The molecule has 0 saturated heterocycles. The molecule has 6 aromatic rings. The van der Waals surface area contributed by atoms with Gasteiger partial charge in [0.2, 0.25) is 11.8 Å². The van der Waals surface area contributed by atoms with Crippen molar-refractivity contribution in [3.63, 3.8) is 0 Å². The van der Waals surface area contributed by atoms with Crippen LogP contribution in [0.4, 0.5) is 0 Å². The summed E-state index contributed by atoms with van der Waals surface area (Å²) in [6.45, 7) is 2.12. The molecule has 10 heteroatoms. The molecule has 188 valence electrons. The smallest absolute Gasteiger partial charge is 0.230 e. The molecule has 1 atom stereocenters. The Morgan fingerprint density at radius 1 is 0.921 bits per heavy atom. The zero-order valence-corrected chi connectivity index (χ0v) is 20.6. The fourth-order valence-corrected chi connectivity index (χ4v) is 4.85. The number of methoxy groups -OCH3 is 1. The molecule has 1 aliphatic rings. The average Bonchev–Trinajstić information content (AvgIpc) is 3.71. The number of para-hydroxylation sites is 3. The summed E-state index contributed by atoms with van der Waals surface area (Å²) in [5.41, 5.74) is 3.95. The van der Waals surface area contributed by atoms with E-state index < -0.39 is 0 Å². The van der Waals surface area contributed by atoms with Crippen LogP contribution in [0.5, 0.6) is 23.3 Å². The monoisotopic (exact) mass is 506 g/mol. The Balaban J connectivity index is 1.34. The number of nitrogens with zero attached hydrogens (tertiary/aromatic N) is 6. The van der Waals surface area contributed by atoms with Gasteiger partial charge in [-0.1, -0.05) is 30.3 Å². The lowest BCUT2D eigenvalue weighted by Gasteiger charge is -2.24. The van der Waals surface area contributed by atoms with Crippen LogP contribution in [0.25, 0.3) is 11.3 Å². The molecule has 0 radical (unpaired) electrons. The summed E-state index contributed by atoms with van der Waals surface area (Å²) in [5.74, 6) is 3.15. The predicted octanol–water partition coefficient (Wildman–Crippen LogP) is 5.08. The van der Waals surface area contributed by atoms with Crippen molar-refractivity contribution in [2.75, 3.05) is 7.11 Å². The topological polar surface area (TPSA) is 102 Å². The molecule has 0 N–H and O–H groups in total. The molecule has 1 aliphatic heterocycles. The van der Waals surface area contributed by atoms with Gasteiger partial charge in [0.1, 0.15) is 18.7 Å². The highest BCUT2D eigenvalue weighted by Crippen LogP contribution is 2.49. The van der Waals surface area contributed by atoms with Gasteiger partial charge < -0.3 is 18.6 Å². The molecule has 0 aliphatic carbocycles. The van der Waals surface area contributed by atoms with E-state index >= 15 is 0 Å². The Morgan fingerprint density at radius 3 is 2.53 bits per heavy atom. The molecule has 2 aromatic carbocycles. The van der Waals surface area contributed by atoms with Gasteiger partial charge in [0.15, 0.2) is 23.0 Å². The summed E-state index contributed by atoms with van der Waals surface area (Å²) in [5, 5.41) is 9.43. The van der Waals surface area contributed by atoms with Crippen molar-refractivity contribution in [2.45, 2.75) is 19.4 Å². The molecule has 10 nitrogen and oxygen atoms in total. The van der Waals surface area contributed by atoms with Gasteiger partial charge in [-0.15, -0.1) is 5.10 Å². The van der Waals surface area contributed by atoms with E-state index in [0.717, 1.165) is 28.3 Å². The van der Waals surface area contributed by atoms with E-state index in [1.54, 1.807) is 28.9 Å². The van der Waals surface area contributed by atoms with E-state index in [9.17, 15) is 0 Å². The first-order valence-electron chi connectivity index (χ1n) is 12.1. The number of ether oxygens (including phenoxy) is 3. The standard InChI is InChI=1S/C28H22N6O4/c1-17-23-24(21-13-8-14-36-21)25-26-30-22(15-37-20-12-7-6-11-19(20)35-2)32-33(26)16-29-27(25)38-28(23)34(31-17)18-9-4-3-5-10-18/h3-14,16,24H,15H2,1-2H3/t24-/m0/s1. The maximum atomic E-state index is 6.41. The normalized spacial score (nSPS) is 14.1. The third kappa shape index (κ3) is 3.49. The van der Waals surface area contributed by atoms with Crippen molar-refractivity contribution >= 4 is 5.65 Å². The van der Waals surface area contributed by atoms with Crippen LogP contribution < -0.4 is 14.2 Å². The van der Waals surface area contributed by atoms with Crippen LogP contribution in [0.3, 0.4) is 0 Å². The largest absolute Gasteiger partial charge is 0.493 e. The first kappa shape index (κ1) is 22.1. The molecule has 7 rings (SSSR count). The number of aromatic nitrogens is 6. The number of hydrogen-bond acceptors (Lipinski definition) is 8. The number of rotatable bonds is 6. The van der Waals surface area contributed by atoms with Crippen LogP contribution in [0.1, 0.15) is 34.3 Å². The van der Waals surface area contributed by atoms with Crippen molar-refractivity contribution in [1.82, 2.24) is 29.4 Å². The van der Waals surface area contributed by atoms with E-state index in [0.29, 0.717) is 34.7 Å². The molecular weight excluding hydrogens is 484 g/mol. The second kappa shape index (κ2) is 8.77. The van der Waals surface area contributed by atoms with E-state index in [-0.39, 0.29) is 12.5 Å². The van der Waals surface area contributed by atoms with Gasteiger partial charge >= 0.3 is 0 Å². The van der Waals surface area contributed by atoms with Gasteiger partial charge in [0, 0.05) is 0 Å². The van der Waals surface area contributed by atoms with Crippen molar-refractivity contribution in [3.05, 3.63) is 108 Å². The number of furan rings is 1. The molecule has 0 saturated carbocycles. The minimum Gasteiger partial charge on any atom is -0.493 e. The van der Waals surface area contributed by atoms with Crippen molar-refractivity contribution in [1.29, 1.82) is 0 Å². The van der Waals surface area contributed by atoms with E-state index in [1.807, 2.05) is 73.7 Å². The molecule has 0 bridgehead atoms. The van der Waals surface area contributed by atoms with E-state index in [2.05, 4.69) is 10.1 Å². The summed E-state index contributed by atoms with van der Waals surface area (Å²) in [4.78, 5) is 9.43. The Hall–Kier alpha value is -5.12. The Labute approximate surface area is 217 Å². The highest BCUT2D eigenvalue weighted by molar-refractivity contribution is 5.65. The first-order valence-corrected chi connectivity index (χ1v) is 12.1. The molecule has 5 heterocycles. The number of aryl methyl sites for hydroxylation is 1. The summed E-state index contributed by atoms with van der Waals surface area (Å²) in [6.07, 6.45) is 3.25. The Bertz CT molecular complexity index is 1760. The highest BCUT2D eigenvalue weighted by atomic mass is 16.5. The van der Waals surface area contributed by atoms with Gasteiger partial charge in [-0.05, 0) is 43.3 Å². The molecule has 0 unspecified atom stereocenters. The van der Waals surface area contributed by atoms with Crippen LogP contribution in [0.2, 0.25) is 0 Å². The maximum Gasteiger partial charge on any atom is 0.230 e. The van der Waals surface area contributed by atoms with Crippen molar-refractivity contribution < 1.29 is 18.6 Å². The molecular formula is C28H22N6O4. The lowest BCUT2D eigenvalue weighted by molar-refractivity contribution is 0.276. The first-order chi connectivity index (χ1) is 18.7. The van der Waals surface area contributed by atoms with E-state index in [1.165, 1.54) is 0 Å². The minimum absolute atomic E-state index is 0.152. The van der Waals surface area contributed by atoms with Gasteiger partial charge in [-0.2, -0.15) is 5.10 Å². The van der Waals surface area contributed by atoms with Crippen LogP contribution in [-0.4, -0.2) is 36.5 Å². The van der Waals surface area contributed by atoms with Crippen LogP contribution in [0, 0.1) is 6.92 Å². The zero-order chi connectivity index (χ0) is 25.6. The number of hydrogen-bond donors (Lipinski definition) is 0. The molecule has 0 amide bonds. The van der Waals surface area contributed by atoms with E-state index in [4.69, 9.17) is 28.7 Å². The quantitative estimate of drug-likeness (QED) is 0.308. The van der Waals surface area contributed by atoms with Crippen molar-refractivity contribution in [3.8, 4) is 28.9 Å². The maximum absolute atomic E-state index is 6.41. The summed E-state index contributed by atoms with van der Waals surface area (Å²) < 4.78 is 27.1. The highest BCUT2D eigenvalue weighted by Gasteiger charge is 2.39. The van der Waals surface area contributed by atoms with Gasteiger partial charge in [-0.3, -0.25) is 0 Å². The Kier molecular flexibility index (Phi) is 5.10. The second-order valence-electron chi connectivity index (χ2n) is 8.80. The third-order valence-electron chi connectivity index (χ3n) is 6.52. The third-order valence-corrected chi connectivity index (χ3v) is 6.52. The number of benzene rings is 2.